The molecule has 4 rings (SSSR count). The minimum atomic E-state index is 0.147. The Morgan fingerprint density at radius 3 is 2.55 bits per heavy atom. The second-order valence-corrected chi connectivity index (χ2v) is 10.0. The number of ether oxygens (including phenoxy) is 1. The molecule has 0 aliphatic heterocycles. The lowest BCUT2D eigenvalue weighted by atomic mass is 9.70. The van der Waals surface area contributed by atoms with Crippen molar-refractivity contribution in [1.29, 1.82) is 5.26 Å². The summed E-state index contributed by atoms with van der Waals surface area (Å²) in [6, 6.07) is 16.4. The number of rotatable bonds is 5. The van der Waals surface area contributed by atoms with Crippen molar-refractivity contribution in [3.8, 4) is 11.8 Å². The molecule has 5 heteroatoms. The highest BCUT2D eigenvalue weighted by molar-refractivity contribution is 5.81. The number of nitriles is 1. The molecule has 0 amide bonds. The number of hydrogen-bond donors (Lipinski definition) is 1. The van der Waals surface area contributed by atoms with Gasteiger partial charge in [-0.05, 0) is 86.9 Å². The molecular formula is C26H32N4O. The molecule has 162 valence electrons. The lowest BCUT2D eigenvalue weighted by Gasteiger charge is -2.40. The topological polar surface area (TPSA) is 62.9 Å². The first kappa shape index (κ1) is 21.2. The van der Waals surface area contributed by atoms with Crippen molar-refractivity contribution in [1.82, 2.24) is 9.55 Å². The SMILES string of the molecule is CC1CC(n2c(Nc3ccc(OC(C)C)cc3)nc3cc(C#N)ccc32)CC(C)(C)C1. The first-order valence-electron chi connectivity index (χ1n) is 11.2. The molecule has 31 heavy (non-hydrogen) atoms. The van der Waals surface area contributed by atoms with Gasteiger partial charge < -0.3 is 14.6 Å². The van der Waals surface area contributed by atoms with Crippen molar-refractivity contribution < 1.29 is 4.74 Å². The minimum absolute atomic E-state index is 0.147. The van der Waals surface area contributed by atoms with Crippen molar-refractivity contribution >= 4 is 22.7 Å². The summed E-state index contributed by atoms with van der Waals surface area (Å²) in [5.41, 5.74) is 3.83. The van der Waals surface area contributed by atoms with E-state index >= 15 is 0 Å². The van der Waals surface area contributed by atoms with Crippen LogP contribution in [-0.4, -0.2) is 15.7 Å². The van der Waals surface area contributed by atoms with Gasteiger partial charge in [-0.2, -0.15) is 5.26 Å². The predicted octanol–water partition coefficient (Wildman–Crippen LogP) is 6.83. The highest BCUT2D eigenvalue weighted by Gasteiger charge is 2.34. The number of hydrogen-bond acceptors (Lipinski definition) is 4. The normalized spacial score (nSPS) is 20.5. The zero-order valence-electron chi connectivity index (χ0n) is 19.1. The fraction of sp³-hybridized carbons (Fsp3) is 0.462. The molecule has 1 saturated carbocycles. The van der Waals surface area contributed by atoms with Crippen LogP contribution < -0.4 is 10.1 Å². The maximum absolute atomic E-state index is 9.34. The Balaban J connectivity index is 1.73. The number of nitrogens with one attached hydrogen (secondary N) is 1. The van der Waals surface area contributed by atoms with Gasteiger partial charge in [-0.25, -0.2) is 4.98 Å². The third kappa shape index (κ3) is 4.69. The van der Waals surface area contributed by atoms with Crippen LogP contribution in [0, 0.1) is 22.7 Å². The predicted molar refractivity (Wildman–Crippen MR) is 126 cm³/mol. The molecule has 1 aliphatic carbocycles. The van der Waals surface area contributed by atoms with Crippen LogP contribution in [0.3, 0.4) is 0 Å². The zero-order valence-corrected chi connectivity index (χ0v) is 19.1. The lowest BCUT2D eigenvalue weighted by Crippen LogP contribution is -2.29. The smallest absolute Gasteiger partial charge is 0.208 e. The standard InChI is InChI=1S/C26H32N4O/c1-17(2)31-22-9-7-20(8-10-22)28-25-29-23-13-19(16-27)6-11-24(23)30(25)21-12-18(3)14-26(4,5)15-21/h6-11,13,17-18,21H,12,14-15H2,1-5H3,(H,28,29). The average Bonchev–Trinajstić information content (AvgIpc) is 3.04. The second kappa shape index (κ2) is 8.26. The van der Waals surface area contributed by atoms with Crippen molar-refractivity contribution in [2.24, 2.45) is 11.3 Å². The maximum atomic E-state index is 9.34. The Hall–Kier alpha value is -3.00. The summed E-state index contributed by atoms with van der Waals surface area (Å²) in [5.74, 6) is 2.35. The van der Waals surface area contributed by atoms with E-state index < -0.39 is 0 Å². The van der Waals surface area contributed by atoms with E-state index in [0.717, 1.165) is 41.3 Å². The third-order valence-electron chi connectivity index (χ3n) is 6.03. The van der Waals surface area contributed by atoms with Gasteiger partial charge in [0.15, 0.2) is 0 Å². The van der Waals surface area contributed by atoms with E-state index in [1.807, 2.05) is 56.3 Å². The molecule has 1 heterocycles. The lowest BCUT2D eigenvalue weighted by molar-refractivity contribution is 0.140. The van der Waals surface area contributed by atoms with E-state index in [4.69, 9.17) is 9.72 Å². The van der Waals surface area contributed by atoms with Crippen molar-refractivity contribution in [3.63, 3.8) is 0 Å². The highest BCUT2D eigenvalue weighted by atomic mass is 16.5. The Bertz CT molecular complexity index is 1100. The number of anilines is 2. The number of imidazole rings is 1. The number of nitrogens with zero attached hydrogens (tertiary/aromatic N) is 3. The molecule has 1 N–H and O–H groups in total. The Kier molecular flexibility index (Phi) is 5.66. The summed E-state index contributed by atoms with van der Waals surface area (Å²) in [7, 11) is 0. The molecule has 0 radical (unpaired) electrons. The van der Waals surface area contributed by atoms with Crippen LogP contribution in [0.1, 0.15) is 65.5 Å². The van der Waals surface area contributed by atoms with Crippen LogP contribution >= 0.6 is 0 Å². The molecule has 2 unspecified atom stereocenters. The molecular weight excluding hydrogens is 384 g/mol. The fourth-order valence-corrected chi connectivity index (χ4v) is 5.14. The first-order chi connectivity index (χ1) is 14.7. The molecule has 2 atom stereocenters. The number of benzene rings is 2. The van der Waals surface area contributed by atoms with E-state index in [-0.39, 0.29) is 6.10 Å². The minimum Gasteiger partial charge on any atom is -0.491 e. The summed E-state index contributed by atoms with van der Waals surface area (Å²) in [6.45, 7) is 11.1. The van der Waals surface area contributed by atoms with E-state index in [0.29, 0.717) is 22.9 Å². The molecule has 1 aliphatic rings. The van der Waals surface area contributed by atoms with Crippen LogP contribution in [0.25, 0.3) is 11.0 Å². The van der Waals surface area contributed by atoms with Gasteiger partial charge in [-0.3, -0.25) is 0 Å². The second-order valence-electron chi connectivity index (χ2n) is 10.0. The molecule has 1 fully saturated rings. The van der Waals surface area contributed by atoms with E-state index in [1.54, 1.807) is 0 Å². The van der Waals surface area contributed by atoms with E-state index in [2.05, 4.69) is 36.7 Å². The monoisotopic (exact) mass is 416 g/mol. The van der Waals surface area contributed by atoms with E-state index in [1.165, 1.54) is 6.42 Å². The Morgan fingerprint density at radius 2 is 1.90 bits per heavy atom. The van der Waals surface area contributed by atoms with Crippen molar-refractivity contribution in [3.05, 3.63) is 48.0 Å². The van der Waals surface area contributed by atoms with Crippen LogP contribution in [0.4, 0.5) is 11.6 Å². The fourth-order valence-electron chi connectivity index (χ4n) is 5.14. The van der Waals surface area contributed by atoms with E-state index in [9.17, 15) is 5.26 Å². The third-order valence-corrected chi connectivity index (χ3v) is 6.03. The Morgan fingerprint density at radius 1 is 1.16 bits per heavy atom. The van der Waals surface area contributed by atoms with Gasteiger partial charge in [-0.15, -0.1) is 0 Å². The van der Waals surface area contributed by atoms with Gasteiger partial charge in [0.1, 0.15) is 5.75 Å². The van der Waals surface area contributed by atoms with Crippen LogP contribution in [0.2, 0.25) is 0 Å². The summed E-state index contributed by atoms with van der Waals surface area (Å²) in [6.07, 6.45) is 3.63. The quantitative estimate of drug-likeness (QED) is 0.495. The van der Waals surface area contributed by atoms with Gasteiger partial charge in [0.2, 0.25) is 5.95 Å². The largest absolute Gasteiger partial charge is 0.491 e. The van der Waals surface area contributed by atoms with Gasteiger partial charge in [0.25, 0.3) is 0 Å². The molecule has 3 aromatic rings. The molecule has 1 aromatic heterocycles. The number of aromatic nitrogens is 2. The van der Waals surface area contributed by atoms with Crippen molar-refractivity contribution in [2.75, 3.05) is 5.32 Å². The van der Waals surface area contributed by atoms with Gasteiger partial charge in [0.05, 0.1) is 28.8 Å². The Labute approximate surface area is 185 Å². The summed E-state index contributed by atoms with van der Waals surface area (Å²) < 4.78 is 8.12. The maximum Gasteiger partial charge on any atom is 0.208 e. The summed E-state index contributed by atoms with van der Waals surface area (Å²) >= 11 is 0. The van der Waals surface area contributed by atoms with Crippen LogP contribution in [0.5, 0.6) is 5.75 Å². The van der Waals surface area contributed by atoms with Gasteiger partial charge >= 0.3 is 0 Å². The van der Waals surface area contributed by atoms with Gasteiger partial charge in [-0.1, -0.05) is 20.8 Å². The average molecular weight is 417 g/mol. The molecule has 0 saturated heterocycles. The number of fused-ring (bicyclic) bond motifs is 1. The highest BCUT2D eigenvalue weighted by Crippen LogP contribution is 2.46. The molecule has 2 aromatic carbocycles. The first-order valence-corrected chi connectivity index (χ1v) is 11.2. The summed E-state index contributed by atoms with van der Waals surface area (Å²) in [4.78, 5) is 4.90. The zero-order chi connectivity index (χ0) is 22.2. The van der Waals surface area contributed by atoms with Crippen LogP contribution in [0.15, 0.2) is 42.5 Å². The molecule has 5 nitrogen and oxygen atoms in total. The molecule has 0 spiro atoms. The summed E-state index contributed by atoms with van der Waals surface area (Å²) in [5, 5.41) is 12.9. The van der Waals surface area contributed by atoms with Gasteiger partial charge in [0, 0.05) is 11.7 Å². The van der Waals surface area contributed by atoms with Crippen LogP contribution in [-0.2, 0) is 0 Å². The van der Waals surface area contributed by atoms with Crippen molar-refractivity contribution in [2.45, 2.75) is 66.0 Å². The molecule has 0 bridgehead atoms.